The van der Waals surface area contributed by atoms with E-state index in [1.807, 2.05) is 20.8 Å². The third-order valence-electron chi connectivity index (χ3n) is 3.65. The molecule has 24 heavy (non-hydrogen) atoms. The van der Waals surface area contributed by atoms with Crippen LogP contribution in [0.5, 0.6) is 5.75 Å². The quantitative estimate of drug-likeness (QED) is 0.754. The van der Waals surface area contributed by atoms with Crippen LogP contribution in [0.1, 0.15) is 38.7 Å². The highest BCUT2D eigenvalue weighted by molar-refractivity contribution is 6.31. The molecule has 1 saturated carbocycles. The average Bonchev–Trinajstić information content (AvgIpc) is 3.24. The van der Waals surface area contributed by atoms with Crippen LogP contribution in [-0.2, 0) is 4.74 Å². The largest absolute Gasteiger partial charge is 0.489 e. The van der Waals surface area contributed by atoms with E-state index in [9.17, 15) is 9.18 Å². The van der Waals surface area contributed by atoms with Crippen LogP contribution in [0.15, 0.2) is 24.8 Å². The summed E-state index contributed by atoms with van der Waals surface area (Å²) in [6.07, 6.45) is 1.97. The van der Waals surface area contributed by atoms with Gasteiger partial charge in [0.2, 0.25) is 0 Å². The molecule has 132 valence electrons. The Balaban J connectivity index is 2.00. The third-order valence-corrected chi connectivity index (χ3v) is 4.03. The van der Waals surface area contributed by atoms with Crippen LogP contribution in [0.25, 0.3) is 0 Å². The number of halogens is 2. The van der Waals surface area contributed by atoms with Gasteiger partial charge in [0.1, 0.15) is 23.8 Å². The Morgan fingerprint density at radius 1 is 1.50 bits per heavy atom. The van der Waals surface area contributed by atoms with Gasteiger partial charge in [-0.2, -0.15) is 0 Å². The van der Waals surface area contributed by atoms with Crippen molar-refractivity contribution in [2.24, 2.45) is 5.92 Å². The molecule has 4 nitrogen and oxygen atoms in total. The molecule has 2 atom stereocenters. The smallest absolute Gasteiger partial charge is 0.407 e. The molecule has 1 aliphatic rings. The van der Waals surface area contributed by atoms with E-state index in [-0.39, 0.29) is 16.9 Å². The molecule has 0 bridgehead atoms. The van der Waals surface area contributed by atoms with Gasteiger partial charge in [-0.05, 0) is 51.2 Å². The van der Waals surface area contributed by atoms with Gasteiger partial charge in [0.15, 0.2) is 0 Å². The lowest BCUT2D eigenvalue weighted by molar-refractivity contribution is 0.0525. The first-order valence-electron chi connectivity index (χ1n) is 7.91. The SMILES string of the molecule is C=CCOc1ccc(F)c(Cl)c1C1CC1CNC(=O)OC(C)(C)C. The molecule has 0 aliphatic heterocycles. The fourth-order valence-corrected chi connectivity index (χ4v) is 2.82. The lowest BCUT2D eigenvalue weighted by Crippen LogP contribution is -2.33. The highest BCUT2D eigenvalue weighted by atomic mass is 35.5. The molecule has 0 radical (unpaired) electrons. The standard InChI is InChI=1S/C18H23ClFNO3/c1-5-8-23-14-7-6-13(20)16(19)15(14)12-9-11(12)10-21-17(22)24-18(2,3)4/h5-7,11-12H,1,8-10H2,2-4H3,(H,21,22). The molecular weight excluding hydrogens is 333 g/mol. The van der Waals surface area contributed by atoms with Crippen LogP contribution < -0.4 is 10.1 Å². The summed E-state index contributed by atoms with van der Waals surface area (Å²) in [6.45, 7) is 9.80. The summed E-state index contributed by atoms with van der Waals surface area (Å²) >= 11 is 6.13. The van der Waals surface area contributed by atoms with E-state index in [0.29, 0.717) is 24.5 Å². The minimum Gasteiger partial charge on any atom is -0.489 e. The van der Waals surface area contributed by atoms with Gasteiger partial charge in [0, 0.05) is 12.1 Å². The van der Waals surface area contributed by atoms with Crippen LogP contribution in [0.4, 0.5) is 9.18 Å². The average molecular weight is 356 g/mol. The Bertz CT molecular complexity index is 627. The van der Waals surface area contributed by atoms with Crippen LogP contribution in [0, 0.1) is 11.7 Å². The van der Waals surface area contributed by atoms with E-state index in [1.54, 1.807) is 12.1 Å². The predicted octanol–water partition coefficient (Wildman–Crippen LogP) is 4.67. The summed E-state index contributed by atoms with van der Waals surface area (Å²) in [5.41, 5.74) is 0.124. The lowest BCUT2D eigenvalue weighted by atomic mass is 10.1. The second-order valence-electron chi connectivity index (χ2n) is 6.86. The summed E-state index contributed by atoms with van der Waals surface area (Å²) in [5, 5.41) is 2.83. The molecule has 1 fully saturated rings. The van der Waals surface area contributed by atoms with Crippen molar-refractivity contribution in [1.82, 2.24) is 5.32 Å². The van der Waals surface area contributed by atoms with Crippen LogP contribution in [0.3, 0.4) is 0 Å². The summed E-state index contributed by atoms with van der Waals surface area (Å²) in [7, 11) is 0. The number of hydrogen-bond acceptors (Lipinski definition) is 3. The van der Waals surface area contributed by atoms with Crippen molar-refractivity contribution in [3.05, 3.63) is 41.2 Å². The van der Waals surface area contributed by atoms with E-state index in [0.717, 1.165) is 6.42 Å². The number of carbonyl (C=O) groups excluding carboxylic acids is 1. The second kappa shape index (κ2) is 7.43. The Hall–Kier alpha value is -1.75. The number of hydrogen-bond donors (Lipinski definition) is 1. The monoisotopic (exact) mass is 355 g/mol. The molecule has 0 aromatic heterocycles. The minimum atomic E-state index is -0.537. The highest BCUT2D eigenvalue weighted by Crippen LogP contribution is 2.52. The minimum absolute atomic E-state index is 0.0583. The molecule has 1 amide bonds. The first-order valence-corrected chi connectivity index (χ1v) is 8.29. The van der Waals surface area contributed by atoms with Gasteiger partial charge in [-0.1, -0.05) is 24.3 Å². The Morgan fingerprint density at radius 2 is 2.21 bits per heavy atom. The molecule has 1 aromatic rings. The van der Waals surface area contributed by atoms with Gasteiger partial charge in [0.25, 0.3) is 0 Å². The van der Waals surface area contributed by atoms with Crippen molar-refractivity contribution >= 4 is 17.7 Å². The number of rotatable bonds is 6. The van der Waals surface area contributed by atoms with Gasteiger partial charge in [-0.3, -0.25) is 0 Å². The number of amides is 1. The Kier molecular flexibility index (Phi) is 5.75. The fourth-order valence-electron chi connectivity index (χ4n) is 2.52. The van der Waals surface area contributed by atoms with E-state index < -0.39 is 17.5 Å². The van der Waals surface area contributed by atoms with Crippen molar-refractivity contribution in [2.45, 2.75) is 38.7 Å². The van der Waals surface area contributed by atoms with Crippen LogP contribution in [-0.4, -0.2) is 24.8 Å². The molecule has 6 heteroatoms. The molecule has 0 heterocycles. The normalized spacial score (nSPS) is 19.5. The zero-order valence-electron chi connectivity index (χ0n) is 14.2. The number of benzene rings is 1. The van der Waals surface area contributed by atoms with Crippen molar-refractivity contribution in [3.8, 4) is 5.75 Å². The van der Waals surface area contributed by atoms with Gasteiger partial charge < -0.3 is 14.8 Å². The number of ether oxygens (including phenoxy) is 2. The third kappa shape index (κ3) is 4.87. The zero-order valence-corrected chi connectivity index (χ0v) is 15.0. The molecule has 1 aliphatic carbocycles. The van der Waals surface area contributed by atoms with Gasteiger partial charge in [-0.15, -0.1) is 0 Å². The summed E-state index contributed by atoms with van der Waals surface area (Å²) in [5.74, 6) is 0.334. The van der Waals surface area contributed by atoms with Crippen LogP contribution >= 0.6 is 11.6 Å². The number of carbonyl (C=O) groups is 1. The van der Waals surface area contributed by atoms with E-state index in [2.05, 4.69) is 11.9 Å². The fraction of sp³-hybridized carbons (Fsp3) is 0.500. The first kappa shape index (κ1) is 18.6. The van der Waals surface area contributed by atoms with E-state index in [4.69, 9.17) is 21.1 Å². The molecular formula is C18H23ClFNO3. The Labute approximate surface area is 147 Å². The maximum atomic E-state index is 13.8. The molecule has 2 unspecified atom stereocenters. The topological polar surface area (TPSA) is 47.6 Å². The zero-order chi connectivity index (χ0) is 17.9. The molecule has 2 rings (SSSR count). The van der Waals surface area contributed by atoms with Crippen LogP contribution in [0.2, 0.25) is 5.02 Å². The molecule has 0 spiro atoms. The van der Waals surface area contributed by atoms with Crippen molar-refractivity contribution < 1.29 is 18.7 Å². The molecule has 1 aromatic carbocycles. The number of nitrogens with one attached hydrogen (secondary N) is 1. The molecule has 1 N–H and O–H groups in total. The molecule has 0 saturated heterocycles. The predicted molar refractivity (Wildman–Crippen MR) is 92.2 cm³/mol. The first-order chi connectivity index (χ1) is 11.2. The highest BCUT2D eigenvalue weighted by Gasteiger charge is 2.42. The second-order valence-corrected chi connectivity index (χ2v) is 7.24. The van der Waals surface area contributed by atoms with Gasteiger partial charge in [-0.25, -0.2) is 9.18 Å². The van der Waals surface area contributed by atoms with Crippen molar-refractivity contribution in [1.29, 1.82) is 0 Å². The van der Waals surface area contributed by atoms with E-state index >= 15 is 0 Å². The lowest BCUT2D eigenvalue weighted by Gasteiger charge is -2.19. The van der Waals surface area contributed by atoms with Gasteiger partial charge >= 0.3 is 6.09 Å². The van der Waals surface area contributed by atoms with Crippen molar-refractivity contribution in [2.75, 3.05) is 13.2 Å². The number of alkyl carbamates (subject to hydrolysis) is 1. The summed E-state index contributed by atoms with van der Waals surface area (Å²) in [6, 6.07) is 2.87. The summed E-state index contributed by atoms with van der Waals surface area (Å²) < 4.78 is 24.6. The van der Waals surface area contributed by atoms with Crippen molar-refractivity contribution in [3.63, 3.8) is 0 Å². The maximum absolute atomic E-state index is 13.8. The van der Waals surface area contributed by atoms with E-state index in [1.165, 1.54) is 6.07 Å². The Morgan fingerprint density at radius 3 is 2.83 bits per heavy atom. The van der Waals surface area contributed by atoms with Gasteiger partial charge in [0.05, 0.1) is 5.02 Å². The summed E-state index contributed by atoms with van der Waals surface area (Å²) in [4.78, 5) is 11.7. The maximum Gasteiger partial charge on any atom is 0.407 e.